The molecule has 4 nitrogen and oxygen atoms in total. The van der Waals surface area contributed by atoms with E-state index in [1.807, 2.05) is 18.2 Å². The molecule has 1 aliphatic rings. The molecule has 1 aliphatic heterocycles. The second kappa shape index (κ2) is 5.29. The minimum atomic E-state index is -0.143. The molecule has 1 atom stereocenters. The SMILES string of the molecule is COCC(N)CN1C(=O)CCc2ccccc21. The first-order valence-corrected chi connectivity index (χ1v) is 5.85. The third-order valence-electron chi connectivity index (χ3n) is 2.99. The number of amides is 1. The zero-order valence-corrected chi connectivity index (χ0v) is 10.1. The predicted octanol–water partition coefficient (Wildman–Crippen LogP) is 0.940. The van der Waals surface area contributed by atoms with Gasteiger partial charge in [0.25, 0.3) is 0 Å². The molecule has 17 heavy (non-hydrogen) atoms. The molecule has 1 aromatic carbocycles. The fraction of sp³-hybridized carbons (Fsp3) is 0.462. The number of carbonyl (C=O) groups is 1. The van der Waals surface area contributed by atoms with Gasteiger partial charge >= 0.3 is 0 Å². The maximum Gasteiger partial charge on any atom is 0.227 e. The topological polar surface area (TPSA) is 55.6 Å². The van der Waals surface area contributed by atoms with E-state index in [2.05, 4.69) is 6.07 Å². The quantitative estimate of drug-likeness (QED) is 0.843. The number of aryl methyl sites for hydroxylation is 1. The number of nitrogens with two attached hydrogens (primary N) is 1. The molecule has 0 fully saturated rings. The van der Waals surface area contributed by atoms with Crippen LogP contribution in [0.2, 0.25) is 0 Å². The van der Waals surface area contributed by atoms with Crippen LogP contribution in [0.4, 0.5) is 5.69 Å². The van der Waals surface area contributed by atoms with Crippen molar-refractivity contribution in [3.05, 3.63) is 29.8 Å². The second-order valence-electron chi connectivity index (χ2n) is 4.35. The maximum absolute atomic E-state index is 11.9. The summed E-state index contributed by atoms with van der Waals surface area (Å²) < 4.78 is 5.01. The van der Waals surface area contributed by atoms with Crippen molar-refractivity contribution in [1.29, 1.82) is 0 Å². The molecular weight excluding hydrogens is 216 g/mol. The number of fused-ring (bicyclic) bond motifs is 1. The number of ether oxygens (including phenoxy) is 1. The van der Waals surface area contributed by atoms with Gasteiger partial charge in [0.05, 0.1) is 6.61 Å². The van der Waals surface area contributed by atoms with E-state index in [1.54, 1.807) is 12.0 Å². The minimum absolute atomic E-state index is 0.143. The maximum atomic E-state index is 11.9. The number of methoxy groups -OCH3 is 1. The molecule has 0 saturated heterocycles. The lowest BCUT2D eigenvalue weighted by atomic mass is 10.0. The van der Waals surface area contributed by atoms with Crippen LogP contribution in [0.25, 0.3) is 0 Å². The summed E-state index contributed by atoms with van der Waals surface area (Å²) in [5.74, 6) is 0.148. The molecule has 0 saturated carbocycles. The highest BCUT2D eigenvalue weighted by atomic mass is 16.5. The Kier molecular flexibility index (Phi) is 3.76. The number of rotatable bonds is 4. The molecule has 0 bridgehead atoms. The fourth-order valence-electron chi connectivity index (χ4n) is 2.20. The van der Waals surface area contributed by atoms with Crippen molar-refractivity contribution < 1.29 is 9.53 Å². The van der Waals surface area contributed by atoms with Gasteiger partial charge in [0.15, 0.2) is 0 Å². The first kappa shape index (κ1) is 12.1. The van der Waals surface area contributed by atoms with E-state index in [1.165, 1.54) is 5.56 Å². The molecular formula is C13H18N2O2. The Balaban J connectivity index is 2.18. The van der Waals surface area contributed by atoms with Gasteiger partial charge in [-0.3, -0.25) is 4.79 Å². The van der Waals surface area contributed by atoms with Crippen molar-refractivity contribution in [2.24, 2.45) is 5.73 Å². The van der Waals surface area contributed by atoms with Gasteiger partial charge in [-0.05, 0) is 18.1 Å². The number of hydrogen-bond acceptors (Lipinski definition) is 3. The summed E-state index contributed by atoms with van der Waals surface area (Å²) in [5.41, 5.74) is 8.13. The molecule has 0 aromatic heterocycles. The summed E-state index contributed by atoms with van der Waals surface area (Å²) in [7, 11) is 1.62. The van der Waals surface area contributed by atoms with Gasteiger partial charge in [0.1, 0.15) is 0 Å². The van der Waals surface area contributed by atoms with Crippen LogP contribution in [0.5, 0.6) is 0 Å². The van der Waals surface area contributed by atoms with Crippen LogP contribution in [0.1, 0.15) is 12.0 Å². The Labute approximate surface area is 101 Å². The molecule has 1 amide bonds. The van der Waals surface area contributed by atoms with E-state index in [-0.39, 0.29) is 11.9 Å². The molecule has 2 rings (SSSR count). The van der Waals surface area contributed by atoms with Crippen LogP contribution < -0.4 is 10.6 Å². The molecule has 1 heterocycles. The van der Waals surface area contributed by atoms with Gasteiger partial charge in [-0.1, -0.05) is 18.2 Å². The van der Waals surface area contributed by atoms with Gasteiger partial charge in [0.2, 0.25) is 5.91 Å². The lowest BCUT2D eigenvalue weighted by Crippen LogP contribution is -2.45. The zero-order chi connectivity index (χ0) is 12.3. The third-order valence-corrected chi connectivity index (χ3v) is 2.99. The highest BCUT2D eigenvalue weighted by molar-refractivity contribution is 5.96. The Morgan fingerprint density at radius 1 is 1.41 bits per heavy atom. The number of para-hydroxylation sites is 1. The fourth-order valence-corrected chi connectivity index (χ4v) is 2.20. The molecule has 92 valence electrons. The van der Waals surface area contributed by atoms with Gasteiger partial charge in [-0.25, -0.2) is 0 Å². The smallest absolute Gasteiger partial charge is 0.227 e. The normalized spacial score (nSPS) is 16.8. The van der Waals surface area contributed by atoms with Crippen LogP contribution in [0.15, 0.2) is 24.3 Å². The highest BCUT2D eigenvalue weighted by Crippen LogP contribution is 2.27. The lowest BCUT2D eigenvalue weighted by molar-refractivity contribution is -0.119. The van der Waals surface area contributed by atoms with Crippen LogP contribution >= 0.6 is 0 Å². The van der Waals surface area contributed by atoms with E-state index in [0.29, 0.717) is 19.6 Å². The molecule has 0 spiro atoms. The summed E-state index contributed by atoms with van der Waals surface area (Å²) in [4.78, 5) is 13.7. The molecule has 1 aromatic rings. The first-order valence-electron chi connectivity index (χ1n) is 5.85. The van der Waals surface area contributed by atoms with Gasteiger partial charge in [0, 0.05) is 31.8 Å². The average Bonchev–Trinajstić information content (AvgIpc) is 2.33. The predicted molar refractivity (Wildman–Crippen MR) is 67.0 cm³/mol. The molecule has 2 N–H and O–H groups in total. The van der Waals surface area contributed by atoms with Crippen LogP contribution in [0.3, 0.4) is 0 Å². The summed E-state index contributed by atoms with van der Waals surface area (Å²) in [5, 5.41) is 0. The number of benzene rings is 1. The zero-order valence-electron chi connectivity index (χ0n) is 10.1. The van der Waals surface area contributed by atoms with E-state index in [9.17, 15) is 4.79 Å². The van der Waals surface area contributed by atoms with Gasteiger partial charge in [-0.15, -0.1) is 0 Å². The molecule has 0 radical (unpaired) electrons. The van der Waals surface area contributed by atoms with E-state index in [0.717, 1.165) is 12.1 Å². The van der Waals surface area contributed by atoms with Gasteiger partial charge in [-0.2, -0.15) is 0 Å². The number of nitrogens with zero attached hydrogens (tertiary/aromatic N) is 1. The standard InChI is InChI=1S/C13H18N2O2/c1-17-9-11(14)8-15-12-5-3-2-4-10(12)6-7-13(15)16/h2-5,11H,6-9,14H2,1H3. The third kappa shape index (κ3) is 2.65. The van der Waals surface area contributed by atoms with Crippen molar-refractivity contribution in [2.45, 2.75) is 18.9 Å². The summed E-state index contributed by atoms with van der Waals surface area (Å²) in [6.45, 7) is 0.982. The van der Waals surface area contributed by atoms with Crippen molar-refractivity contribution in [2.75, 3.05) is 25.2 Å². The first-order chi connectivity index (χ1) is 8.22. The Bertz CT molecular complexity index is 406. The largest absolute Gasteiger partial charge is 0.383 e. The molecule has 0 aliphatic carbocycles. The minimum Gasteiger partial charge on any atom is -0.383 e. The Morgan fingerprint density at radius 3 is 2.94 bits per heavy atom. The number of carbonyl (C=O) groups excluding carboxylic acids is 1. The second-order valence-corrected chi connectivity index (χ2v) is 4.35. The van der Waals surface area contributed by atoms with Gasteiger partial charge < -0.3 is 15.4 Å². The Hall–Kier alpha value is -1.39. The van der Waals surface area contributed by atoms with Crippen LogP contribution in [0, 0.1) is 0 Å². The van der Waals surface area contributed by atoms with E-state index < -0.39 is 0 Å². The molecule has 4 heteroatoms. The summed E-state index contributed by atoms with van der Waals surface area (Å²) in [6, 6.07) is 7.85. The monoisotopic (exact) mass is 234 g/mol. The van der Waals surface area contributed by atoms with Crippen molar-refractivity contribution in [1.82, 2.24) is 0 Å². The number of anilines is 1. The van der Waals surface area contributed by atoms with E-state index >= 15 is 0 Å². The summed E-state index contributed by atoms with van der Waals surface area (Å²) in [6.07, 6.45) is 1.39. The van der Waals surface area contributed by atoms with E-state index in [4.69, 9.17) is 10.5 Å². The van der Waals surface area contributed by atoms with Crippen molar-refractivity contribution >= 4 is 11.6 Å². The van der Waals surface area contributed by atoms with Crippen molar-refractivity contribution in [3.63, 3.8) is 0 Å². The lowest BCUT2D eigenvalue weighted by Gasteiger charge is -2.31. The Morgan fingerprint density at radius 2 is 2.18 bits per heavy atom. The average molecular weight is 234 g/mol. The molecule has 1 unspecified atom stereocenters. The summed E-state index contributed by atoms with van der Waals surface area (Å²) >= 11 is 0. The van der Waals surface area contributed by atoms with Crippen LogP contribution in [-0.2, 0) is 16.0 Å². The number of hydrogen-bond donors (Lipinski definition) is 1. The highest BCUT2D eigenvalue weighted by Gasteiger charge is 2.24. The van der Waals surface area contributed by atoms with Crippen LogP contribution in [-0.4, -0.2) is 32.2 Å². The van der Waals surface area contributed by atoms with Crippen molar-refractivity contribution in [3.8, 4) is 0 Å².